The van der Waals surface area contributed by atoms with Crippen LogP contribution in [-0.2, 0) is 0 Å². The number of nitrogens with zero attached hydrogens (tertiary/aromatic N) is 3. The summed E-state index contributed by atoms with van der Waals surface area (Å²) in [6.07, 6.45) is 26.0. The topological polar surface area (TPSA) is 32.0 Å². The number of hydrogen-bond acceptors (Lipinski definition) is 2. The van der Waals surface area contributed by atoms with Crippen LogP contribution in [-0.4, -0.2) is 10.6 Å². The van der Waals surface area contributed by atoms with Crippen LogP contribution in [0, 0.1) is 11.3 Å². The molecule has 0 fully saturated rings. The maximum Gasteiger partial charge on any atom is 0.0969 e. The van der Waals surface area contributed by atoms with Gasteiger partial charge in [0, 0.05) is 28.3 Å². The number of para-hydroxylation sites is 1. The van der Waals surface area contributed by atoms with E-state index in [2.05, 4.69) is 131 Å². The Balaban J connectivity index is 1.47. The fourth-order valence-corrected chi connectivity index (χ4v) is 7.35. The molecule has 3 aliphatic carbocycles. The third-order valence-corrected chi connectivity index (χ3v) is 9.03. The Morgan fingerprint density at radius 3 is 2.30 bits per heavy atom. The van der Waals surface area contributed by atoms with Gasteiger partial charge in [0.1, 0.15) is 0 Å². The van der Waals surface area contributed by atoms with Gasteiger partial charge in [-0.3, -0.25) is 0 Å². The number of fused-ring (bicyclic) bond motifs is 6. The fraction of sp³-hybridized carbons (Fsp3) is 0.162. The van der Waals surface area contributed by atoms with Crippen LogP contribution in [0.15, 0.2) is 133 Å². The molecule has 0 bridgehead atoms. The highest BCUT2D eigenvalue weighted by Gasteiger charge is 2.38. The van der Waals surface area contributed by atoms with Crippen molar-refractivity contribution in [3.63, 3.8) is 0 Å². The van der Waals surface area contributed by atoms with Gasteiger partial charge in [-0.25, -0.2) is 0 Å². The molecule has 0 N–H and O–H groups in total. The number of allylic oxidation sites excluding steroid dienone is 10. The van der Waals surface area contributed by atoms with E-state index < -0.39 is 0 Å². The summed E-state index contributed by atoms with van der Waals surface area (Å²) in [7, 11) is 0. The minimum atomic E-state index is -0.0292. The van der Waals surface area contributed by atoms with E-state index in [0.29, 0.717) is 11.8 Å². The zero-order valence-corrected chi connectivity index (χ0v) is 22.2. The highest BCUT2D eigenvalue weighted by atomic mass is 15.2. The van der Waals surface area contributed by atoms with Gasteiger partial charge in [0.15, 0.2) is 0 Å². The Hall–Kier alpha value is -4.81. The van der Waals surface area contributed by atoms with Gasteiger partial charge < -0.3 is 9.47 Å². The summed E-state index contributed by atoms with van der Waals surface area (Å²) >= 11 is 0. The van der Waals surface area contributed by atoms with Crippen molar-refractivity contribution < 1.29 is 0 Å². The van der Waals surface area contributed by atoms with E-state index >= 15 is 0 Å². The van der Waals surface area contributed by atoms with Crippen molar-refractivity contribution in [2.45, 2.75) is 36.8 Å². The summed E-state index contributed by atoms with van der Waals surface area (Å²) < 4.78 is 2.44. The lowest BCUT2D eigenvalue weighted by Crippen LogP contribution is -2.28. The number of anilines is 2. The molecule has 4 unspecified atom stereocenters. The standard InChI is InChI=1S/C37H29N3/c38-24-26-14-4-7-18-30(26)39-33-21-10-17-27(25-12-2-1-3-13-25)36(33)37-34(39)22-11-23-35(37)40-31-19-8-5-15-28(31)29-16-6-9-20-32(29)40/h1-12,14-17,19-23,25,28,30-31H,13,18H2. The van der Waals surface area contributed by atoms with Crippen molar-refractivity contribution in [1.82, 2.24) is 4.57 Å². The van der Waals surface area contributed by atoms with Crippen molar-refractivity contribution in [2.24, 2.45) is 0 Å². The quantitative estimate of drug-likeness (QED) is 0.273. The minimum Gasteiger partial charge on any atom is -0.333 e. The van der Waals surface area contributed by atoms with Crippen LogP contribution in [0.4, 0.5) is 11.4 Å². The van der Waals surface area contributed by atoms with Crippen LogP contribution in [0.2, 0.25) is 0 Å². The molecule has 0 saturated carbocycles. The smallest absolute Gasteiger partial charge is 0.0969 e. The minimum absolute atomic E-state index is 0.0292. The summed E-state index contributed by atoms with van der Waals surface area (Å²) in [5.41, 5.74) is 8.44. The number of hydrogen-bond donors (Lipinski definition) is 0. The Bertz CT molecular complexity index is 1900. The molecule has 0 amide bonds. The van der Waals surface area contributed by atoms with E-state index in [1.807, 2.05) is 12.2 Å². The summed E-state index contributed by atoms with van der Waals surface area (Å²) in [6, 6.07) is 25.1. The normalized spacial score (nSPS) is 24.4. The lowest BCUT2D eigenvalue weighted by molar-refractivity contribution is 0.626. The molecule has 0 saturated heterocycles. The van der Waals surface area contributed by atoms with E-state index in [1.54, 1.807) is 0 Å². The number of rotatable bonds is 3. The van der Waals surface area contributed by atoms with E-state index in [-0.39, 0.29) is 12.1 Å². The van der Waals surface area contributed by atoms with Crippen molar-refractivity contribution in [3.05, 3.63) is 144 Å². The molecular weight excluding hydrogens is 486 g/mol. The fourth-order valence-electron chi connectivity index (χ4n) is 7.35. The first-order valence-electron chi connectivity index (χ1n) is 14.2. The molecule has 2 heterocycles. The Labute approximate surface area is 234 Å². The zero-order chi connectivity index (χ0) is 26.6. The summed E-state index contributed by atoms with van der Waals surface area (Å²) in [5.74, 6) is 0.640. The Morgan fingerprint density at radius 1 is 0.675 bits per heavy atom. The van der Waals surface area contributed by atoms with Gasteiger partial charge >= 0.3 is 0 Å². The largest absolute Gasteiger partial charge is 0.333 e. The summed E-state index contributed by atoms with van der Waals surface area (Å²) in [4.78, 5) is 2.56. The van der Waals surface area contributed by atoms with E-state index in [0.717, 1.165) is 18.4 Å². The molecule has 1 aliphatic heterocycles. The molecule has 3 nitrogen and oxygen atoms in total. The van der Waals surface area contributed by atoms with Crippen molar-refractivity contribution in [3.8, 4) is 6.07 Å². The van der Waals surface area contributed by atoms with Crippen LogP contribution >= 0.6 is 0 Å². The maximum atomic E-state index is 10.1. The molecule has 192 valence electrons. The second-order valence-electron chi connectivity index (χ2n) is 11.1. The average Bonchev–Trinajstić information content (AvgIpc) is 3.54. The van der Waals surface area contributed by atoms with Crippen LogP contribution in [0.25, 0.3) is 21.8 Å². The predicted octanol–water partition coefficient (Wildman–Crippen LogP) is 9.08. The summed E-state index contributed by atoms with van der Waals surface area (Å²) in [6.45, 7) is 0. The highest BCUT2D eigenvalue weighted by Crippen LogP contribution is 2.52. The molecule has 0 radical (unpaired) electrons. The third kappa shape index (κ3) is 3.29. The van der Waals surface area contributed by atoms with E-state index in [4.69, 9.17) is 0 Å². The molecule has 0 spiro atoms. The van der Waals surface area contributed by atoms with Crippen molar-refractivity contribution in [2.75, 3.05) is 4.90 Å². The highest BCUT2D eigenvalue weighted by molar-refractivity contribution is 6.17. The Kier molecular flexibility index (Phi) is 5.28. The molecule has 4 aliphatic rings. The van der Waals surface area contributed by atoms with Gasteiger partial charge in [-0.2, -0.15) is 5.26 Å². The van der Waals surface area contributed by atoms with Crippen LogP contribution in [0.3, 0.4) is 0 Å². The van der Waals surface area contributed by atoms with Gasteiger partial charge in [-0.15, -0.1) is 0 Å². The van der Waals surface area contributed by atoms with Crippen LogP contribution < -0.4 is 4.90 Å². The van der Waals surface area contributed by atoms with E-state index in [9.17, 15) is 5.26 Å². The molecule has 40 heavy (non-hydrogen) atoms. The molecule has 1 aromatic heterocycles. The molecular formula is C37H29N3. The van der Waals surface area contributed by atoms with Crippen LogP contribution in [0.5, 0.6) is 0 Å². The van der Waals surface area contributed by atoms with Gasteiger partial charge in [-0.1, -0.05) is 97.2 Å². The lowest BCUT2D eigenvalue weighted by Gasteiger charge is -2.30. The molecule has 4 aromatic rings. The number of nitriles is 1. The van der Waals surface area contributed by atoms with Gasteiger partial charge in [-0.05, 0) is 54.3 Å². The number of benzene rings is 3. The van der Waals surface area contributed by atoms with Crippen LogP contribution in [0.1, 0.15) is 41.8 Å². The predicted molar refractivity (Wildman–Crippen MR) is 165 cm³/mol. The van der Waals surface area contributed by atoms with Gasteiger partial charge in [0.25, 0.3) is 0 Å². The third-order valence-electron chi connectivity index (χ3n) is 9.03. The average molecular weight is 516 g/mol. The lowest BCUT2D eigenvalue weighted by atomic mass is 9.89. The first-order chi connectivity index (χ1) is 19.8. The molecule has 3 aromatic carbocycles. The molecule has 4 atom stereocenters. The van der Waals surface area contributed by atoms with E-state index in [1.165, 1.54) is 44.3 Å². The first kappa shape index (κ1) is 23.1. The Morgan fingerprint density at radius 2 is 1.43 bits per heavy atom. The van der Waals surface area contributed by atoms with Crippen molar-refractivity contribution >= 4 is 33.2 Å². The summed E-state index contributed by atoms with van der Waals surface area (Å²) in [5, 5.41) is 12.7. The van der Waals surface area contributed by atoms with Crippen molar-refractivity contribution in [1.29, 1.82) is 5.26 Å². The van der Waals surface area contributed by atoms with Gasteiger partial charge in [0.2, 0.25) is 0 Å². The maximum absolute atomic E-state index is 10.1. The molecule has 8 rings (SSSR count). The monoisotopic (exact) mass is 515 g/mol. The molecule has 3 heteroatoms. The SMILES string of the molecule is N#CC1=CC=CCC1n1c2cccc(C3C=CC=CC3)c2c2c(N3c4ccccc4C4C=CC=CC43)cccc21. The second-order valence-corrected chi connectivity index (χ2v) is 11.1. The number of aromatic nitrogens is 1. The first-order valence-corrected chi connectivity index (χ1v) is 14.2. The second kappa shape index (κ2) is 9.14. The zero-order valence-electron chi connectivity index (χ0n) is 22.2. The van der Waals surface area contributed by atoms with Gasteiger partial charge in [0.05, 0.1) is 40.4 Å².